The van der Waals surface area contributed by atoms with Gasteiger partial charge in [-0.25, -0.2) is 0 Å². The summed E-state index contributed by atoms with van der Waals surface area (Å²) in [4.78, 5) is 11.0. The van der Waals surface area contributed by atoms with Crippen LogP contribution >= 0.6 is 0 Å². The fourth-order valence-electron chi connectivity index (χ4n) is 1.61. The fraction of sp³-hybridized carbons (Fsp3) is 0.417. The summed E-state index contributed by atoms with van der Waals surface area (Å²) in [5.41, 5.74) is 1.54. The summed E-state index contributed by atoms with van der Waals surface area (Å²) in [5, 5.41) is 8.99. The number of benzene rings is 1. The fourth-order valence-corrected chi connectivity index (χ4v) is 1.61. The smallest absolute Gasteiger partial charge is 0.310 e. The maximum absolute atomic E-state index is 11.0. The molecule has 0 amide bonds. The molecule has 0 aliphatic rings. The van der Waals surface area contributed by atoms with E-state index in [0.717, 1.165) is 5.56 Å². The number of carboxylic acids is 1. The molecule has 0 spiro atoms. The lowest BCUT2D eigenvalue weighted by Crippen LogP contribution is -2.09. The molecule has 0 aliphatic heterocycles. The molecule has 1 rings (SSSR count). The molecule has 0 saturated carbocycles. The minimum Gasteiger partial charge on any atom is -0.493 e. The Kier molecular flexibility index (Phi) is 3.77. The van der Waals surface area contributed by atoms with Crippen molar-refractivity contribution in [1.29, 1.82) is 0 Å². The van der Waals surface area contributed by atoms with Gasteiger partial charge in [-0.05, 0) is 19.4 Å². The van der Waals surface area contributed by atoms with Gasteiger partial charge in [0.2, 0.25) is 0 Å². The molecule has 88 valence electrons. The Bertz CT molecular complexity index is 398. The van der Waals surface area contributed by atoms with Crippen molar-refractivity contribution >= 4 is 5.97 Å². The zero-order chi connectivity index (χ0) is 12.3. The topological polar surface area (TPSA) is 55.8 Å². The summed E-state index contributed by atoms with van der Waals surface area (Å²) in [6, 6.07) is 3.59. The number of hydrogen-bond donors (Lipinski definition) is 1. The van der Waals surface area contributed by atoms with Crippen molar-refractivity contribution in [2.24, 2.45) is 0 Å². The molecule has 0 radical (unpaired) electrons. The number of methoxy groups -OCH3 is 2. The van der Waals surface area contributed by atoms with Crippen molar-refractivity contribution in [2.75, 3.05) is 14.2 Å². The van der Waals surface area contributed by atoms with Gasteiger partial charge in [0.15, 0.2) is 11.5 Å². The van der Waals surface area contributed by atoms with Gasteiger partial charge >= 0.3 is 5.97 Å². The summed E-state index contributed by atoms with van der Waals surface area (Å²) in [7, 11) is 3.05. The molecule has 0 aliphatic carbocycles. The average Bonchev–Trinajstić information content (AvgIpc) is 2.27. The van der Waals surface area contributed by atoms with Gasteiger partial charge in [-0.3, -0.25) is 4.79 Å². The van der Waals surface area contributed by atoms with Crippen LogP contribution in [0.1, 0.15) is 24.0 Å². The van der Waals surface area contributed by atoms with Gasteiger partial charge in [0, 0.05) is 5.56 Å². The monoisotopic (exact) mass is 224 g/mol. The number of carboxylic acid groups (broad SMARTS) is 1. The minimum atomic E-state index is -0.885. The van der Waals surface area contributed by atoms with Crippen molar-refractivity contribution in [1.82, 2.24) is 0 Å². The van der Waals surface area contributed by atoms with E-state index in [1.165, 1.54) is 7.11 Å². The van der Waals surface area contributed by atoms with E-state index in [1.807, 2.05) is 13.0 Å². The van der Waals surface area contributed by atoms with Crippen molar-refractivity contribution < 1.29 is 19.4 Å². The molecule has 1 atom stereocenters. The van der Waals surface area contributed by atoms with E-state index in [9.17, 15) is 4.79 Å². The van der Waals surface area contributed by atoms with Crippen molar-refractivity contribution in [3.8, 4) is 11.5 Å². The largest absolute Gasteiger partial charge is 0.493 e. The first-order valence-corrected chi connectivity index (χ1v) is 4.97. The van der Waals surface area contributed by atoms with Crippen LogP contribution in [0.25, 0.3) is 0 Å². The third-order valence-corrected chi connectivity index (χ3v) is 2.58. The molecule has 16 heavy (non-hydrogen) atoms. The second-order valence-corrected chi connectivity index (χ2v) is 3.60. The highest BCUT2D eigenvalue weighted by Gasteiger charge is 2.21. The molecule has 1 unspecified atom stereocenters. The van der Waals surface area contributed by atoms with Crippen LogP contribution < -0.4 is 9.47 Å². The lowest BCUT2D eigenvalue weighted by molar-refractivity contribution is -0.138. The summed E-state index contributed by atoms with van der Waals surface area (Å²) in [6.45, 7) is 3.51. The van der Waals surface area contributed by atoms with E-state index in [-0.39, 0.29) is 0 Å². The average molecular weight is 224 g/mol. The molecule has 0 saturated heterocycles. The molecule has 4 nitrogen and oxygen atoms in total. The predicted octanol–water partition coefficient (Wildman–Crippen LogP) is 2.20. The maximum atomic E-state index is 11.0. The number of ether oxygens (including phenoxy) is 2. The number of aliphatic carboxylic acids is 1. The first-order valence-electron chi connectivity index (χ1n) is 4.97. The molecule has 0 aromatic heterocycles. The normalized spacial score (nSPS) is 12.0. The van der Waals surface area contributed by atoms with Crippen LogP contribution in [0.5, 0.6) is 11.5 Å². The molecule has 0 bridgehead atoms. The first-order chi connectivity index (χ1) is 7.52. The predicted molar refractivity (Wildman–Crippen MR) is 60.3 cm³/mol. The Hall–Kier alpha value is -1.71. The molecule has 0 heterocycles. The Morgan fingerprint density at radius 2 is 1.81 bits per heavy atom. The quantitative estimate of drug-likeness (QED) is 0.851. The van der Waals surface area contributed by atoms with Gasteiger partial charge in [0.05, 0.1) is 20.1 Å². The second-order valence-electron chi connectivity index (χ2n) is 3.60. The Morgan fingerprint density at radius 1 is 1.25 bits per heavy atom. The third kappa shape index (κ3) is 2.10. The lowest BCUT2D eigenvalue weighted by atomic mass is 9.98. The Balaban J connectivity index is 3.35. The second kappa shape index (κ2) is 4.88. The number of rotatable bonds is 4. The van der Waals surface area contributed by atoms with E-state index in [1.54, 1.807) is 20.1 Å². The van der Waals surface area contributed by atoms with Gasteiger partial charge < -0.3 is 14.6 Å². The van der Waals surface area contributed by atoms with Crippen molar-refractivity contribution in [2.45, 2.75) is 19.8 Å². The van der Waals surface area contributed by atoms with Crippen LogP contribution in [0.15, 0.2) is 12.1 Å². The summed E-state index contributed by atoms with van der Waals surface area (Å²) in [6.07, 6.45) is 0. The number of carbonyl (C=O) groups is 1. The molecule has 4 heteroatoms. The molecular formula is C12H16O4. The Labute approximate surface area is 94.8 Å². The summed E-state index contributed by atoms with van der Waals surface area (Å²) >= 11 is 0. The summed E-state index contributed by atoms with van der Waals surface area (Å²) < 4.78 is 10.5. The van der Waals surface area contributed by atoms with E-state index in [0.29, 0.717) is 17.1 Å². The molecule has 0 fully saturated rings. The lowest BCUT2D eigenvalue weighted by Gasteiger charge is -2.16. The first kappa shape index (κ1) is 12.4. The maximum Gasteiger partial charge on any atom is 0.310 e. The zero-order valence-electron chi connectivity index (χ0n) is 9.90. The van der Waals surface area contributed by atoms with Gasteiger partial charge in [0.1, 0.15) is 0 Å². The van der Waals surface area contributed by atoms with Crippen LogP contribution in [0.2, 0.25) is 0 Å². The Morgan fingerprint density at radius 3 is 2.25 bits per heavy atom. The van der Waals surface area contributed by atoms with Gasteiger partial charge in [-0.2, -0.15) is 0 Å². The van der Waals surface area contributed by atoms with E-state index < -0.39 is 11.9 Å². The van der Waals surface area contributed by atoms with Crippen molar-refractivity contribution in [3.63, 3.8) is 0 Å². The number of hydrogen-bond acceptors (Lipinski definition) is 3. The van der Waals surface area contributed by atoms with E-state index >= 15 is 0 Å². The van der Waals surface area contributed by atoms with E-state index in [2.05, 4.69) is 0 Å². The van der Waals surface area contributed by atoms with Crippen molar-refractivity contribution in [3.05, 3.63) is 23.3 Å². The van der Waals surface area contributed by atoms with Crippen LogP contribution in [-0.2, 0) is 4.79 Å². The highest BCUT2D eigenvalue weighted by atomic mass is 16.5. The molecule has 1 aromatic rings. The van der Waals surface area contributed by atoms with E-state index in [4.69, 9.17) is 14.6 Å². The number of aryl methyl sites for hydroxylation is 1. The highest BCUT2D eigenvalue weighted by molar-refractivity contribution is 5.77. The summed E-state index contributed by atoms with van der Waals surface area (Å²) in [5.74, 6) is -0.417. The highest BCUT2D eigenvalue weighted by Crippen LogP contribution is 2.38. The molecule has 1 aromatic carbocycles. The SMILES string of the molecule is COc1c(C)ccc(C(C)C(=O)O)c1OC. The molecule has 1 N–H and O–H groups in total. The van der Waals surface area contributed by atoms with Crippen LogP contribution in [0, 0.1) is 6.92 Å². The van der Waals surface area contributed by atoms with Crippen LogP contribution in [0.4, 0.5) is 0 Å². The minimum absolute atomic E-state index is 0.498. The van der Waals surface area contributed by atoms with Gasteiger partial charge in [0.25, 0.3) is 0 Å². The van der Waals surface area contributed by atoms with Crippen LogP contribution in [-0.4, -0.2) is 25.3 Å². The van der Waals surface area contributed by atoms with Gasteiger partial charge in [-0.1, -0.05) is 12.1 Å². The third-order valence-electron chi connectivity index (χ3n) is 2.58. The molecular weight excluding hydrogens is 208 g/mol. The zero-order valence-corrected chi connectivity index (χ0v) is 9.90. The van der Waals surface area contributed by atoms with Gasteiger partial charge in [-0.15, -0.1) is 0 Å². The van der Waals surface area contributed by atoms with Crippen LogP contribution in [0.3, 0.4) is 0 Å². The standard InChI is InChI=1S/C12H16O4/c1-7-5-6-9(8(2)12(13)14)11(16-4)10(7)15-3/h5-6,8H,1-4H3,(H,13,14).